The van der Waals surface area contributed by atoms with Gasteiger partial charge in [0, 0.05) is 23.7 Å². The van der Waals surface area contributed by atoms with E-state index in [2.05, 4.69) is 0 Å². The minimum Gasteiger partial charge on any atom is -0.550 e. The van der Waals surface area contributed by atoms with Gasteiger partial charge >= 0.3 is 27.7 Å². The number of hydrogen-bond acceptors (Lipinski definition) is 6. The minimum atomic E-state index is -1.08. The molecule has 0 bridgehead atoms. The number of benzene rings is 1. The van der Waals surface area contributed by atoms with Crippen molar-refractivity contribution in [2.24, 2.45) is 0 Å². The van der Waals surface area contributed by atoms with Gasteiger partial charge in [0.25, 0.3) is 0 Å². The van der Waals surface area contributed by atoms with Crippen LogP contribution in [0, 0.1) is 0 Å². The van der Waals surface area contributed by atoms with Gasteiger partial charge in [-0.3, -0.25) is 0 Å². The zero-order valence-electron chi connectivity index (χ0n) is 9.67. The molecule has 0 fully saturated rings. The fourth-order valence-corrected chi connectivity index (χ4v) is 0.525. The molecule has 0 radical (unpaired) electrons. The number of phenols is 1. The van der Waals surface area contributed by atoms with Crippen molar-refractivity contribution in [3.05, 3.63) is 24.3 Å². The molecular formula is C10H13HgNO5. The maximum absolute atomic E-state index is 8.89. The summed E-state index contributed by atoms with van der Waals surface area (Å²) in [6.45, 7) is 1.94. The Balaban J connectivity index is -0.000000189. The standard InChI is InChI=1S/C6H7NO.2C2H4O2.Hg/c7-5-2-1-3-6(8)4-5;2*1-2(3)4;/h1-4,8H,7H2;2*1H3,(H,3,4);/q;;;+2/p-2. The third-order valence-electron chi connectivity index (χ3n) is 0.870. The van der Waals surface area contributed by atoms with Gasteiger partial charge in [-0.1, -0.05) is 6.07 Å². The fourth-order valence-electron chi connectivity index (χ4n) is 0.525. The molecule has 1 aromatic carbocycles. The molecule has 0 aliphatic rings. The van der Waals surface area contributed by atoms with Crippen molar-refractivity contribution >= 4 is 17.6 Å². The molecule has 1 rings (SSSR count). The molecular weight excluding hydrogens is 415 g/mol. The van der Waals surface area contributed by atoms with Crippen molar-refractivity contribution in [3.63, 3.8) is 0 Å². The van der Waals surface area contributed by atoms with Crippen LogP contribution in [0.4, 0.5) is 5.69 Å². The fraction of sp³-hybridized carbons (Fsp3) is 0.200. The minimum absolute atomic E-state index is 0. The molecule has 0 aliphatic heterocycles. The number of aromatic hydroxyl groups is 1. The van der Waals surface area contributed by atoms with Crippen LogP contribution in [-0.4, -0.2) is 17.0 Å². The molecule has 0 aromatic heterocycles. The largest absolute Gasteiger partial charge is 2.00 e. The van der Waals surface area contributed by atoms with E-state index in [1.807, 2.05) is 0 Å². The van der Waals surface area contributed by atoms with Crippen LogP contribution in [0.25, 0.3) is 0 Å². The molecule has 90 valence electrons. The molecule has 0 heterocycles. The smallest absolute Gasteiger partial charge is 0.550 e. The molecule has 0 aliphatic carbocycles. The van der Waals surface area contributed by atoms with Crippen molar-refractivity contribution in [2.45, 2.75) is 13.8 Å². The Kier molecular flexibility index (Phi) is 15.8. The normalized spacial score (nSPS) is 7.18. The number of aliphatic carboxylic acids is 2. The Hall–Kier alpha value is -1.30. The van der Waals surface area contributed by atoms with Crippen molar-refractivity contribution in [3.8, 4) is 5.75 Å². The topological polar surface area (TPSA) is 127 Å². The van der Waals surface area contributed by atoms with Crippen LogP contribution in [0.2, 0.25) is 0 Å². The monoisotopic (exact) mass is 429 g/mol. The van der Waals surface area contributed by atoms with E-state index >= 15 is 0 Å². The summed E-state index contributed by atoms with van der Waals surface area (Å²) in [5.74, 6) is -1.95. The second-order valence-electron chi connectivity index (χ2n) is 2.58. The summed E-state index contributed by atoms with van der Waals surface area (Å²) in [4.78, 5) is 17.8. The first kappa shape index (κ1) is 21.0. The van der Waals surface area contributed by atoms with Gasteiger partial charge in [0.2, 0.25) is 0 Å². The van der Waals surface area contributed by atoms with Crippen LogP contribution in [0.3, 0.4) is 0 Å². The van der Waals surface area contributed by atoms with E-state index in [0.717, 1.165) is 13.8 Å². The van der Waals surface area contributed by atoms with Gasteiger partial charge in [0.15, 0.2) is 0 Å². The third kappa shape index (κ3) is 31.3. The number of carboxylic acids is 2. The quantitative estimate of drug-likeness (QED) is 0.382. The van der Waals surface area contributed by atoms with Crippen LogP contribution >= 0.6 is 0 Å². The molecule has 6 nitrogen and oxygen atoms in total. The molecule has 0 unspecified atom stereocenters. The van der Waals surface area contributed by atoms with E-state index in [0.29, 0.717) is 5.69 Å². The van der Waals surface area contributed by atoms with E-state index in [1.54, 1.807) is 18.2 Å². The summed E-state index contributed by atoms with van der Waals surface area (Å²) < 4.78 is 0. The summed E-state index contributed by atoms with van der Waals surface area (Å²) >= 11 is 0. The number of rotatable bonds is 0. The first-order chi connectivity index (χ1) is 7.25. The molecule has 0 atom stereocenters. The molecule has 17 heavy (non-hydrogen) atoms. The Bertz CT molecular complexity index is 306. The first-order valence-corrected chi connectivity index (χ1v) is 4.15. The number of carbonyl (C=O) groups excluding carboxylic acids is 2. The van der Waals surface area contributed by atoms with Gasteiger partial charge in [0.05, 0.1) is 0 Å². The van der Waals surface area contributed by atoms with E-state index < -0.39 is 11.9 Å². The summed E-state index contributed by atoms with van der Waals surface area (Å²) in [7, 11) is 0. The first-order valence-electron chi connectivity index (χ1n) is 4.15. The summed E-state index contributed by atoms with van der Waals surface area (Å²) in [5.41, 5.74) is 5.89. The summed E-state index contributed by atoms with van der Waals surface area (Å²) in [6.07, 6.45) is 0. The van der Waals surface area contributed by atoms with E-state index in [9.17, 15) is 0 Å². The average molecular weight is 428 g/mol. The van der Waals surface area contributed by atoms with Crippen molar-refractivity contribution in [1.29, 1.82) is 0 Å². The SMILES string of the molecule is CC(=O)[O-].CC(=O)[O-].Nc1cccc(O)c1.[Hg+2]. The molecule has 0 saturated carbocycles. The number of nitrogens with two attached hydrogens (primary N) is 1. The second-order valence-corrected chi connectivity index (χ2v) is 2.58. The zero-order valence-corrected chi connectivity index (χ0v) is 15.2. The second kappa shape index (κ2) is 12.8. The maximum Gasteiger partial charge on any atom is 2.00 e. The van der Waals surface area contributed by atoms with Crippen LogP contribution in [-0.2, 0) is 37.3 Å². The molecule has 7 heteroatoms. The van der Waals surface area contributed by atoms with Gasteiger partial charge in [-0.15, -0.1) is 0 Å². The predicted molar refractivity (Wildman–Crippen MR) is 53.9 cm³/mol. The van der Waals surface area contributed by atoms with Crippen molar-refractivity contribution < 1.29 is 52.6 Å². The molecule has 0 spiro atoms. The van der Waals surface area contributed by atoms with Gasteiger partial charge in [-0.2, -0.15) is 0 Å². The average Bonchev–Trinajstić information content (AvgIpc) is 2.00. The van der Waals surface area contributed by atoms with Crippen molar-refractivity contribution in [2.75, 3.05) is 5.73 Å². The van der Waals surface area contributed by atoms with Crippen LogP contribution in [0.1, 0.15) is 13.8 Å². The number of hydrogen-bond donors (Lipinski definition) is 2. The maximum atomic E-state index is 8.89. The Labute approximate surface area is 120 Å². The van der Waals surface area contributed by atoms with E-state index in [4.69, 9.17) is 30.6 Å². The molecule has 0 amide bonds. The number of carbonyl (C=O) groups is 2. The molecule has 0 saturated heterocycles. The van der Waals surface area contributed by atoms with Gasteiger partial charge in [-0.25, -0.2) is 0 Å². The van der Waals surface area contributed by atoms with Crippen LogP contribution in [0.5, 0.6) is 5.75 Å². The number of phenolic OH excluding ortho intramolecular Hbond substituents is 1. The molecule has 3 N–H and O–H groups in total. The third-order valence-corrected chi connectivity index (χ3v) is 0.870. The van der Waals surface area contributed by atoms with E-state index in [-0.39, 0.29) is 33.4 Å². The van der Waals surface area contributed by atoms with Gasteiger partial charge in [-0.05, 0) is 26.0 Å². The van der Waals surface area contributed by atoms with Crippen molar-refractivity contribution in [1.82, 2.24) is 0 Å². The molecule has 1 aromatic rings. The van der Waals surface area contributed by atoms with Crippen LogP contribution < -0.4 is 15.9 Å². The Morgan fingerprint density at radius 1 is 1.18 bits per heavy atom. The predicted octanol–water partition coefficient (Wildman–Crippen LogP) is -1.52. The Morgan fingerprint density at radius 2 is 1.53 bits per heavy atom. The zero-order chi connectivity index (χ0) is 13.1. The van der Waals surface area contributed by atoms with Crippen LogP contribution in [0.15, 0.2) is 24.3 Å². The number of anilines is 1. The van der Waals surface area contributed by atoms with Gasteiger partial charge in [0.1, 0.15) is 5.75 Å². The number of carboxylic acid groups (broad SMARTS) is 2. The summed E-state index contributed by atoms with van der Waals surface area (Å²) in [5, 5.41) is 26.5. The van der Waals surface area contributed by atoms with Gasteiger partial charge < -0.3 is 30.6 Å². The van der Waals surface area contributed by atoms with E-state index in [1.165, 1.54) is 6.07 Å². The summed E-state index contributed by atoms with van der Waals surface area (Å²) in [6, 6.07) is 6.50. The Morgan fingerprint density at radius 3 is 1.71 bits per heavy atom. The number of nitrogen functional groups attached to an aromatic ring is 1.